The van der Waals surface area contributed by atoms with Crippen molar-refractivity contribution in [2.45, 2.75) is 11.6 Å². The van der Waals surface area contributed by atoms with E-state index >= 15 is 0 Å². The van der Waals surface area contributed by atoms with Gasteiger partial charge in [-0.15, -0.1) is 0 Å². The molecule has 1 saturated heterocycles. The highest BCUT2D eigenvalue weighted by atomic mass is 79.9. The summed E-state index contributed by atoms with van der Waals surface area (Å²) in [7, 11) is -3.45. The number of piperazine rings is 1. The first-order valence-corrected chi connectivity index (χ1v) is 11.3. The Balaban J connectivity index is 1.51. The van der Waals surface area contributed by atoms with Gasteiger partial charge < -0.3 is 4.57 Å². The lowest BCUT2D eigenvalue weighted by Crippen LogP contribution is -2.48. The number of hydrogen-bond acceptors (Lipinski definition) is 4. The molecule has 0 N–H and O–H groups in total. The van der Waals surface area contributed by atoms with Crippen LogP contribution in [0.3, 0.4) is 0 Å². The van der Waals surface area contributed by atoms with Crippen LogP contribution in [0.5, 0.6) is 0 Å². The first kappa shape index (κ1) is 19.3. The summed E-state index contributed by atoms with van der Waals surface area (Å²) in [4.78, 5) is 14.7. The van der Waals surface area contributed by atoms with Crippen LogP contribution in [0.15, 0.2) is 75.0 Å². The molecule has 6 nitrogen and oxygen atoms in total. The summed E-state index contributed by atoms with van der Waals surface area (Å²) in [5.41, 5.74) is 0.848. The number of rotatable bonds is 4. The van der Waals surface area contributed by atoms with Gasteiger partial charge in [0.1, 0.15) is 0 Å². The molecule has 0 atom stereocenters. The molecule has 0 aliphatic carbocycles. The average Bonchev–Trinajstić information content (AvgIpc) is 2.71. The molecule has 2 aromatic carbocycles. The Morgan fingerprint density at radius 1 is 0.893 bits per heavy atom. The smallest absolute Gasteiger partial charge is 0.243 e. The van der Waals surface area contributed by atoms with E-state index in [0.717, 1.165) is 9.99 Å². The van der Waals surface area contributed by atoms with E-state index in [2.05, 4.69) is 20.8 Å². The molecule has 1 aromatic heterocycles. The number of halogens is 1. The Morgan fingerprint density at radius 3 is 2.32 bits per heavy atom. The summed E-state index contributed by atoms with van der Waals surface area (Å²) in [5.74, 6) is 0. The molecule has 3 aromatic rings. The molecule has 0 spiro atoms. The van der Waals surface area contributed by atoms with Gasteiger partial charge in [-0.25, -0.2) is 8.42 Å². The van der Waals surface area contributed by atoms with Crippen molar-refractivity contribution < 1.29 is 8.42 Å². The molecule has 146 valence electrons. The van der Waals surface area contributed by atoms with Crippen LogP contribution in [0.1, 0.15) is 0 Å². The van der Waals surface area contributed by atoms with E-state index in [1.807, 2.05) is 28.8 Å². The van der Waals surface area contributed by atoms with Crippen LogP contribution in [0.2, 0.25) is 0 Å². The topological polar surface area (TPSA) is 62.6 Å². The largest absolute Gasteiger partial charge is 0.333 e. The standard InChI is InChI=1S/C20H20BrN3O3S/c21-18-8-4-7-17-19(25)9-10-23(20(17)18)15-22-11-13-24(14-12-22)28(26,27)16-5-2-1-3-6-16/h1-10H,11-15H2. The number of pyridine rings is 1. The molecule has 1 fully saturated rings. The van der Waals surface area contributed by atoms with E-state index in [1.165, 1.54) is 4.31 Å². The number of hydrogen-bond donors (Lipinski definition) is 0. The molecule has 28 heavy (non-hydrogen) atoms. The predicted molar refractivity (Wildman–Crippen MR) is 113 cm³/mol. The monoisotopic (exact) mass is 461 g/mol. The summed E-state index contributed by atoms with van der Waals surface area (Å²) < 4.78 is 30.0. The normalized spacial score (nSPS) is 16.5. The zero-order chi connectivity index (χ0) is 19.7. The molecule has 4 rings (SSSR count). The quantitative estimate of drug-likeness (QED) is 0.599. The first-order valence-electron chi connectivity index (χ1n) is 9.02. The third kappa shape index (κ3) is 3.65. The molecule has 0 unspecified atom stereocenters. The van der Waals surface area contributed by atoms with Gasteiger partial charge in [0.15, 0.2) is 5.43 Å². The van der Waals surface area contributed by atoms with Crippen molar-refractivity contribution in [3.8, 4) is 0 Å². The van der Waals surface area contributed by atoms with Gasteiger partial charge in [-0.2, -0.15) is 4.31 Å². The third-order valence-corrected chi connectivity index (χ3v) is 7.56. The second-order valence-corrected chi connectivity index (χ2v) is 9.55. The van der Waals surface area contributed by atoms with Gasteiger partial charge in [-0.1, -0.05) is 24.3 Å². The van der Waals surface area contributed by atoms with Gasteiger partial charge in [0.05, 0.1) is 17.1 Å². The zero-order valence-corrected chi connectivity index (χ0v) is 17.6. The Labute approximate surface area is 172 Å². The van der Waals surface area contributed by atoms with Crippen LogP contribution >= 0.6 is 15.9 Å². The summed E-state index contributed by atoms with van der Waals surface area (Å²) in [6.45, 7) is 2.74. The molecule has 8 heteroatoms. The summed E-state index contributed by atoms with van der Waals surface area (Å²) in [6.07, 6.45) is 1.79. The van der Waals surface area contributed by atoms with Crippen molar-refractivity contribution in [3.63, 3.8) is 0 Å². The van der Waals surface area contributed by atoms with Crippen molar-refractivity contribution in [2.24, 2.45) is 0 Å². The van der Waals surface area contributed by atoms with E-state index in [9.17, 15) is 13.2 Å². The second-order valence-electron chi connectivity index (χ2n) is 6.76. The minimum Gasteiger partial charge on any atom is -0.333 e. The van der Waals surface area contributed by atoms with Gasteiger partial charge in [0.2, 0.25) is 10.0 Å². The molecule has 2 heterocycles. The fraction of sp³-hybridized carbons (Fsp3) is 0.250. The maximum absolute atomic E-state index is 12.8. The maximum atomic E-state index is 12.8. The Hall–Kier alpha value is -2.00. The van der Waals surface area contributed by atoms with Crippen molar-refractivity contribution in [1.29, 1.82) is 0 Å². The highest BCUT2D eigenvalue weighted by Gasteiger charge is 2.28. The summed E-state index contributed by atoms with van der Waals surface area (Å²) in [6, 6.07) is 15.7. The van der Waals surface area contributed by atoms with Crippen molar-refractivity contribution in [2.75, 3.05) is 26.2 Å². The Morgan fingerprint density at radius 2 is 1.61 bits per heavy atom. The third-order valence-electron chi connectivity index (χ3n) is 5.01. The van der Waals surface area contributed by atoms with Crippen LogP contribution in [0, 0.1) is 0 Å². The first-order chi connectivity index (χ1) is 13.5. The van der Waals surface area contributed by atoms with Gasteiger partial charge >= 0.3 is 0 Å². The fourth-order valence-corrected chi connectivity index (χ4v) is 5.55. The fourth-order valence-electron chi connectivity index (χ4n) is 3.51. The minimum atomic E-state index is -3.45. The number of fused-ring (bicyclic) bond motifs is 1. The van der Waals surface area contributed by atoms with Gasteiger partial charge in [0.25, 0.3) is 0 Å². The molecule has 0 bridgehead atoms. The van der Waals surface area contributed by atoms with Crippen LogP contribution in [0.4, 0.5) is 0 Å². The van der Waals surface area contributed by atoms with Gasteiger partial charge in [-0.05, 0) is 40.2 Å². The lowest BCUT2D eigenvalue weighted by Gasteiger charge is -2.34. The molecular formula is C20H20BrN3O3S. The van der Waals surface area contributed by atoms with Crippen molar-refractivity contribution in [1.82, 2.24) is 13.8 Å². The summed E-state index contributed by atoms with van der Waals surface area (Å²) in [5, 5.41) is 0.669. The average molecular weight is 462 g/mol. The Kier molecular flexibility index (Phi) is 5.37. The number of aromatic nitrogens is 1. The van der Waals surface area contributed by atoms with E-state index < -0.39 is 10.0 Å². The van der Waals surface area contributed by atoms with E-state index in [0.29, 0.717) is 43.1 Å². The van der Waals surface area contributed by atoms with E-state index in [4.69, 9.17) is 0 Å². The van der Waals surface area contributed by atoms with Gasteiger partial charge in [-0.3, -0.25) is 9.69 Å². The van der Waals surface area contributed by atoms with Crippen LogP contribution in [-0.4, -0.2) is 48.4 Å². The summed E-state index contributed by atoms with van der Waals surface area (Å²) >= 11 is 3.54. The SMILES string of the molecule is O=c1ccn(CN2CCN(S(=O)(=O)c3ccccc3)CC2)c2c(Br)cccc12. The molecule has 0 radical (unpaired) electrons. The van der Waals surface area contributed by atoms with E-state index in [-0.39, 0.29) is 5.43 Å². The predicted octanol–water partition coefficient (Wildman–Crippen LogP) is 2.73. The highest BCUT2D eigenvalue weighted by Crippen LogP contribution is 2.22. The van der Waals surface area contributed by atoms with Crippen molar-refractivity contribution in [3.05, 3.63) is 75.5 Å². The molecule has 0 amide bonds. The number of para-hydroxylation sites is 1. The Bertz CT molecular complexity index is 1150. The minimum absolute atomic E-state index is 0.00803. The van der Waals surface area contributed by atoms with Crippen LogP contribution in [-0.2, 0) is 16.7 Å². The highest BCUT2D eigenvalue weighted by molar-refractivity contribution is 9.10. The van der Waals surface area contributed by atoms with E-state index in [1.54, 1.807) is 36.5 Å². The van der Waals surface area contributed by atoms with Crippen LogP contribution in [0.25, 0.3) is 10.9 Å². The molecule has 1 aliphatic rings. The second kappa shape index (κ2) is 7.79. The lowest BCUT2D eigenvalue weighted by atomic mass is 10.2. The number of sulfonamides is 1. The number of benzene rings is 2. The van der Waals surface area contributed by atoms with Gasteiger partial charge in [0, 0.05) is 48.3 Å². The molecule has 1 aliphatic heterocycles. The van der Waals surface area contributed by atoms with Crippen LogP contribution < -0.4 is 5.43 Å². The lowest BCUT2D eigenvalue weighted by molar-refractivity contribution is 0.154. The maximum Gasteiger partial charge on any atom is 0.243 e. The van der Waals surface area contributed by atoms with Crippen molar-refractivity contribution >= 4 is 36.9 Å². The zero-order valence-electron chi connectivity index (χ0n) is 15.2. The molecular weight excluding hydrogens is 442 g/mol. The number of nitrogens with zero attached hydrogens (tertiary/aromatic N) is 3. The molecule has 0 saturated carbocycles.